The van der Waals surface area contributed by atoms with Crippen molar-refractivity contribution in [3.63, 3.8) is 0 Å². The topological polar surface area (TPSA) is 105 Å². The van der Waals surface area contributed by atoms with Crippen LogP contribution in [0.5, 0.6) is 0 Å². The van der Waals surface area contributed by atoms with Gasteiger partial charge < -0.3 is 14.0 Å². The monoisotopic (exact) mass is 591 g/mol. The maximum Gasteiger partial charge on any atom is 0.221 e. The highest BCUT2D eigenvalue weighted by atomic mass is 35.5. The van der Waals surface area contributed by atoms with Gasteiger partial charge in [-0.05, 0) is 61.2 Å². The molecular weight excluding hydrogens is 568 g/mol. The second-order valence-electron chi connectivity index (χ2n) is 9.68. The lowest BCUT2D eigenvalue weighted by atomic mass is 9.99. The largest absolute Gasteiger partial charge is 0.355 e. The van der Waals surface area contributed by atoms with Gasteiger partial charge >= 0.3 is 0 Å². The number of nitrogens with zero attached hydrogens (tertiary/aromatic N) is 5. The zero-order chi connectivity index (χ0) is 29.1. The summed E-state index contributed by atoms with van der Waals surface area (Å²) in [4.78, 5) is 18.5. The molecule has 1 unspecified atom stereocenters. The van der Waals surface area contributed by atoms with E-state index in [1.54, 1.807) is 48.8 Å². The molecule has 0 aliphatic carbocycles. The summed E-state index contributed by atoms with van der Waals surface area (Å²) in [7, 11) is 0. The van der Waals surface area contributed by atoms with E-state index < -0.39 is 23.7 Å². The fraction of sp³-hybridized carbons (Fsp3) is 0.233. The Balaban J connectivity index is 1.44. The third-order valence-corrected chi connectivity index (χ3v) is 7.18. The summed E-state index contributed by atoms with van der Waals surface area (Å²) in [6.07, 6.45) is 5.38. The molecule has 2 aromatic carbocycles. The van der Waals surface area contributed by atoms with Crippen LogP contribution in [-0.4, -0.2) is 43.8 Å². The first-order valence-electron chi connectivity index (χ1n) is 13.3. The highest BCUT2D eigenvalue weighted by Crippen LogP contribution is 2.35. The molecule has 0 saturated carbocycles. The van der Waals surface area contributed by atoms with Gasteiger partial charge in [-0.1, -0.05) is 40.2 Å². The van der Waals surface area contributed by atoms with E-state index in [4.69, 9.17) is 25.6 Å². The van der Waals surface area contributed by atoms with Gasteiger partial charge in [-0.3, -0.25) is 9.78 Å². The predicted molar refractivity (Wildman–Crippen MR) is 147 cm³/mol. The number of hydrogen-bond donors (Lipinski definition) is 0. The molecule has 1 fully saturated rings. The first-order chi connectivity index (χ1) is 20.5. The van der Waals surface area contributed by atoms with Crippen molar-refractivity contribution >= 4 is 17.4 Å². The van der Waals surface area contributed by atoms with Crippen molar-refractivity contribution in [3.8, 4) is 22.6 Å². The van der Waals surface area contributed by atoms with E-state index in [0.29, 0.717) is 34.0 Å². The lowest BCUT2D eigenvalue weighted by Crippen LogP contribution is -2.22. The Bertz CT molecular complexity index is 1720. The molecule has 6 rings (SSSR count). The highest BCUT2D eigenvalue weighted by Gasteiger charge is 2.32. The van der Waals surface area contributed by atoms with E-state index in [2.05, 4.69) is 20.5 Å². The number of benzene rings is 2. The van der Waals surface area contributed by atoms with Crippen LogP contribution >= 0.6 is 11.6 Å². The molecule has 1 aliphatic heterocycles. The first kappa shape index (κ1) is 27.8. The lowest BCUT2D eigenvalue weighted by Gasteiger charge is -2.22. The van der Waals surface area contributed by atoms with Gasteiger partial charge in [0, 0.05) is 30.1 Å². The summed E-state index contributed by atoms with van der Waals surface area (Å²) in [6.45, 7) is 0.554. The molecule has 42 heavy (non-hydrogen) atoms. The smallest absolute Gasteiger partial charge is 0.221 e. The first-order valence-corrected chi connectivity index (χ1v) is 13.7. The summed E-state index contributed by atoms with van der Waals surface area (Å²) >= 11 is 6.49. The summed E-state index contributed by atoms with van der Waals surface area (Å²) in [6, 6.07) is 13.9. The number of carbonyl (C=O) groups excluding carboxylic acids is 1. The van der Waals surface area contributed by atoms with E-state index in [-0.39, 0.29) is 35.9 Å². The molecular formula is C30H24ClF2N5O4. The van der Waals surface area contributed by atoms with Crippen molar-refractivity contribution < 1.29 is 27.6 Å². The Labute approximate surface area is 244 Å². The number of rotatable bonds is 9. The number of ether oxygens (including phenoxy) is 2. The fourth-order valence-electron chi connectivity index (χ4n) is 4.79. The van der Waals surface area contributed by atoms with E-state index >= 15 is 0 Å². The molecule has 1 saturated heterocycles. The molecule has 0 radical (unpaired) electrons. The van der Waals surface area contributed by atoms with Crippen LogP contribution in [0.1, 0.15) is 46.6 Å². The van der Waals surface area contributed by atoms with E-state index in [0.717, 1.165) is 31.4 Å². The van der Waals surface area contributed by atoms with Crippen molar-refractivity contribution in [1.29, 1.82) is 0 Å². The fourth-order valence-corrected chi connectivity index (χ4v) is 5.02. The summed E-state index contributed by atoms with van der Waals surface area (Å²) < 4.78 is 46.3. The van der Waals surface area contributed by atoms with Gasteiger partial charge in [-0.2, -0.15) is 0 Å². The molecule has 0 amide bonds. The van der Waals surface area contributed by atoms with Crippen LogP contribution in [0.25, 0.3) is 22.6 Å². The molecule has 12 heteroatoms. The average Bonchev–Trinajstić information content (AvgIpc) is 3.63. The summed E-state index contributed by atoms with van der Waals surface area (Å²) in [5.41, 5.74) is 2.10. The maximum atomic E-state index is 14.4. The van der Waals surface area contributed by atoms with Crippen molar-refractivity contribution in [1.82, 2.24) is 25.1 Å². The van der Waals surface area contributed by atoms with E-state index in [1.807, 2.05) is 0 Å². The minimum atomic E-state index is -0.993. The van der Waals surface area contributed by atoms with Crippen molar-refractivity contribution in [2.75, 3.05) is 6.61 Å². The summed E-state index contributed by atoms with van der Waals surface area (Å²) in [5, 5.41) is 13.0. The van der Waals surface area contributed by atoms with Crippen molar-refractivity contribution in [3.05, 3.63) is 106 Å². The molecule has 5 aromatic rings. The molecule has 0 bridgehead atoms. The number of hydrogen-bond acceptors (Lipinski definition) is 8. The van der Waals surface area contributed by atoms with Gasteiger partial charge in [-0.25, -0.2) is 13.5 Å². The summed E-state index contributed by atoms with van der Waals surface area (Å²) in [5.74, 6) is -2.34. The number of halogens is 3. The van der Waals surface area contributed by atoms with Crippen LogP contribution in [0.3, 0.4) is 0 Å². The van der Waals surface area contributed by atoms with E-state index in [9.17, 15) is 13.6 Å². The molecule has 0 spiro atoms. The third-order valence-electron chi connectivity index (χ3n) is 6.85. The Morgan fingerprint density at radius 2 is 1.98 bits per heavy atom. The van der Waals surface area contributed by atoms with Gasteiger partial charge in [0.05, 0.1) is 23.7 Å². The maximum absolute atomic E-state index is 14.4. The molecule has 1 aliphatic rings. The predicted octanol–water partition coefficient (Wildman–Crippen LogP) is 6.25. The van der Waals surface area contributed by atoms with Crippen LogP contribution < -0.4 is 0 Å². The van der Waals surface area contributed by atoms with Gasteiger partial charge in [0.1, 0.15) is 11.4 Å². The van der Waals surface area contributed by atoms with Gasteiger partial charge in [0.15, 0.2) is 29.4 Å². The second kappa shape index (κ2) is 12.3. The van der Waals surface area contributed by atoms with Gasteiger partial charge in [0.2, 0.25) is 5.78 Å². The SMILES string of the molecule is O=C(c1nnn(Cc2ccc(F)c(F)c2)c1-c1cccnc1)c1c(COC2CCCCO2)noc1-c1ccccc1Cl. The molecule has 9 nitrogen and oxygen atoms in total. The molecule has 0 N–H and O–H groups in total. The third kappa shape index (κ3) is 5.71. The minimum Gasteiger partial charge on any atom is -0.355 e. The average molecular weight is 592 g/mol. The molecule has 1 atom stereocenters. The normalized spacial score (nSPS) is 15.2. The number of ketones is 1. The zero-order valence-corrected chi connectivity index (χ0v) is 22.9. The van der Waals surface area contributed by atoms with Crippen LogP contribution in [-0.2, 0) is 22.6 Å². The van der Waals surface area contributed by atoms with Gasteiger partial charge in [0.25, 0.3) is 0 Å². The zero-order valence-electron chi connectivity index (χ0n) is 22.2. The Kier molecular flexibility index (Phi) is 8.13. The Hall–Kier alpha value is -4.32. The van der Waals surface area contributed by atoms with Crippen LogP contribution in [0.2, 0.25) is 5.02 Å². The number of pyridine rings is 1. The van der Waals surface area contributed by atoms with Crippen molar-refractivity contribution in [2.24, 2.45) is 0 Å². The number of carbonyl (C=O) groups is 1. The minimum absolute atomic E-state index is 0.0116. The van der Waals surface area contributed by atoms with Crippen molar-refractivity contribution in [2.45, 2.75) is 38.7 Å². The quantitative estimate of drug-likeness (QED) is 0.185. The lowest BCUT2D eigenvalue weighted by molar-refractivity contribution is -0.169. The van der Waals surface area contributed by atoms with Crippen LogP contribution in [0, 0.1) is 11.6 Å². The van der Waals surface area contributed by atoms with Crippen LogP contribution in [0.4, 0.5) is 8.78 Å². The molecule has 214 valence electrons. The number of aromatic nitrogens is 5. The Morgan fingerprint density at radius 3 is 2.74 bits per heavy atom. The molecule has 4 heterocycles. The Morgan fingerprint density at radius 1 is 1.10 bits per heavy atom. The highest BCUT2D eigenvalue weighted by molar-refractivity contribution is 6.33. The van der Waals surface area contributed by atoms with E-state index in [1.165, 1.54) is 10.7 Å². The molecule has 3 aromatic heterocycles. The second-order valence-corrected chi connectivity index (χ2v) is 10.1. The standard InChI is InChI=1S/C30H24ClF2N5O4/c31-21-8-2-1-7-20(21)30-26(24(36-42-30)17-41-25-9-3-4-13-40-25)29(39)27-28(19-6-5-12-34-15-19)38(37-35-27)16-18-10-11-22(32)23(33)14-18/h1-2,5-8,10-12,14-15,25H,3-4,9,13,16-17H2. The van der Waals surface area contributed by atoms with Gasteiger partial charge in [-0.15, -0.1) is 5.10 Å². The van der Waals surface area contributed by atoms with Crippen LogP contribution in [0.15, 0.2) is 71.5 Å².